The first-order chi connectivity index (χ1) is 23.4. The Hall–Kier alpha value is -2.79. The number of aliphatic hydroxyl groups excluding tert-OH is 1. The number of cyclic esters (lactones) is 1. The van der Waals surface area contributed by atoms with Crippen molar-refractivity contribution in [3.8, 4) is 0 Å². The second kappa shape index (κ2) is 14.8. The maximum absolute atomic E-state index is 13.7. The van der Waals surface area contributed by atoms with Gasteiger partial charge in [0.15, 0.2) is 6.10 Å². The number of methoxy groups -OCH3 is 1. The molecule has 3 aliphatic carbocycles. The number of hydrogen-bond donors (Lipinski definition) is 1. The van der Waals surface area contributed by atoms with Crippen LogP contribution < -0.4 is 0 Å². The van der Waals surface area contributed by atoms with Crippen LogP contribution in [0.3, 0.4) is 0 Å². The molecule has 49 heavy (non-hydrogen) atoms. The van der Waals surface area contributed by atoms with Gasteiger partial charge in [0.1, 0.15) is 30.0 Å². The van der Waals surface area contributed by atoms with E-state index in [0.717, 1.165) is 44.3 Å². The van der Waals surface area contributed by atoms with E-state index in [1.165, 1.54) is 7.11 Å². The molecule has 3 heterocycles. The molecule has 2 saturated heterocycles. The summed E-state index contributed by atoms with van der Waals surface area (Å²) in [5, 5.41) is 12.0. The molecule has 4 bridgehead atoms. The molecular formula is C39H55NO9. The van der Waals surface area contributed by atoms with Crippen LogP contribution in [-0.2, 0) is 38.1 Å². The first-order valence-corrected chi connectivity index (χ1v) is 18.4. The smallest absolute Gasteiger partial charge is 0.335 e. The van der Waals surface area contributed by atoms with Gasteiger partial charge in [-0.1, -0.05) is 50.3 Å². The number of hydrogen-bond acceptors (Lipinski definition) is 10. The lowest BCUT2D eigenvalue weighted by atomic mass is 9.57. The van der Waals surface area contributed by atoms with E-state index in [-0.39, 0.29) is 42.0 Å². The van der Waals surface area contributed by atoms with Crippen molar-refractivity contribution in [3.63, 3.8) is 0 Å². The van der Waals surface area contributed by atoms with Crippen LogP contribution in [0.4, 0.5) is 0 Å². The molecule has 3 fully saturated rings. The summed E-state index contributed by atoms with van der Waals surface area (Å²) in [6.45, 7) is 9.85. The molecule has 3 aliphatic heterocycles. The van der Waals surface area contributed by atoms with Crippen molar-refractivity contribution in [1.82, 2.24) is 4.90 Å². The highest BCUT2D eigenvalue weighted by atomic mass is 16.6. The van der Waals surface area contributed by atoms with E-state index < -0.39 is 54.2 Å². The molecule has 10 heteroatoms. The number of carbonyl (C=O) groups is 3. The Morgan fingerprint density at radius 2 is 1.94 bits per heavy atom. The van der Waals surface area contributed by atoms with Gasteiger partial charge in [-0.2, -0.15) is 0 Å². The minimum atomic E-state index is -0.964. The van der Waals surface area contributed by atoms with Gasteiger partial charge in [-0.25, -0.2) is 9.59 Å². The maximum Gasteiger partial charge on any atom is 0.335 e. The summed E-state index contributed by atoms with van der Waals surface area (Å²) in [7, 11) is 3.63. The highest BCUT2D eigenvalue weighted by molar-refractivity contribution is 5.90. The minimum Gasteiger partial charge on any atom is -0.459 e. The third-order valence-electron chi connectivity index (χ3n) is 12.3. The average Bonchev–Trinajstić information content (AvgIpc) is 3.68. The molecular weight excluding hydrogens is 626 g/mol. The number of esters is 3. The molecule has 1 unspecified atom stereocenters. The average molecular weight is 682 g/mol. The Morgan fingerprint density at radius 1 is 1.18 bits per heavy atom. The lowest BCUT2D eigenvalue weighted by Gasteiger charge is -2.49. The lowest BCUT2D eigenvalue weighted by Crippen LogP contribution is -2.57. The van der Waals surface area contributed by atoms with E-state index in [0.29, 0.717) is 24.3 Å². The SMILES string of the molecule is CO[C@H]1CC2C=C[C@H]3[C@H]4O[C@]2(/C(C)=C/[C@@H](C)[C@@H]([C@@H](C)OC(=O)CCCC2CCN(C)CC2)OC1=O)[C@@H]3[C@H](O)[C@@H](C)[C@H]4OC(=O)C1=CC=CC1. The molecule has 0 amide bonds. The van der Waals surface area contributed by atoms with E-state index >= 15 is 0 Å². The summed E-state index contributed by atoms with van der Waals surface area (Å²) in [6, 6.07) is 0. The molecule has 1 spiro atoms. The third kappa shape index (κ3) is 6.95. The molecule has 0 aromatic heterocycles. The summed E-state index contributed by atoms with van der Waals surface area (Å²) in [5.41, 5.74) is 0.524. The summed E-state index contributed by atoms with van der Waals surface area (Å²) < 4.78 is 30.9. The van der Waals surface area contributed by atoms with Gasteiger partial charge in [0.2, 0.25) is 0 Å². The second-order valence-electron chi connectivity index (χ2n) is 15.4. The van der Waals surface area contributed by atoms with E-state index in [9.17, 15) is 19.5 Å². The first-order valence-electron chi connectivity index (χ1n) is 18.4. The zero-order chi connectivity index (χ0) is 35.0. The Morgan fingerprint density at radius 3 is 2.63 bits per heavy atom. The fraction of sp³-hybridized carbons (Fsp3) is 0.718. The largest absolute Gasteiger partial charge is 0.459 e. The number of carbonyl (C=O) groups excluding carboxylic acids is 3. The van der Waals surface area contributed by atoms with Crippen LogP contribution in [0.2, 0.25) is 0 Å². The van der Waals surface area contributed by atoms with Crippen LogP contribution >= 0.6 is 0 Å². The number of likely N-dealkylation sites (tertiary alicyclic amines) is 1. The standard InChI is InChI=1S/C39H55NO9/c1-22-20-23(2)39-28(14-15-29-32(39)33(42)24(3)35(36(29)49-39)48-37(43)27-11-7-8-12-27)21-30(45-6)38(44)47-34(22)25(4)46-31(41)13-9-10-26-16-18-40(5)19-17-26/h7-8,11,14-15,20,22,24-26,28-30,32-36,42H,9-10,12-13,16-19,21H2,1-6H3/b23-20+/t22-,24-,25-,28?,29-,30+,32+,33-,34+,35-,36-,39+/m1/s1. The Balaban J connectivity index is 1.22. The highest BCUT2D eigenvalue weighted by Crippen LogP contribution is 2.61. The fourth-order valence-electron chi connectivity index (χ4n) is 9.50. The lowest BCUT2D eigenvalue weighted by molar-refractivity contribution is -0.179. The van der Waals surface area contributed by atoms with Gasteiger partial charge in [0.25, 0.3) is 0 Å². The summed E-state index contributed by atoms with van der Waals surface area (Å²) in [5.74, 6) is -2.11. The Kier molecular flexibility index (Phi) is 10.9. The van der Waals surface area contributed by atoms with Gasteiger partial charge in [-0.05, 0) is 84.0 Å². The van der Waals surface area contributed by atoms with Crippen LogP contribution in [0, 0.1) is 35.5 Å². The number of allylic oxidation sites excluding steroid dienone is 3. The van der Waals surface area contributed by atoms with Gasteiger partial charge in [-0.15, -0.1) is 0 Å². The zero-order valence-electron chi connectivity index (χ0n) is 29.9. The number of ether oxygens (including phenoxy) is 5. The summed E-state index contributed by atoms with van der Waals surface area (Å²) in [6.07, 6.45) is 12.6. The topological polar surface area (TPSA) is 121 Å². The molecule has 0 aromatic rings. The second-order valence-corrected chi connectivity index (χ2v) is 15.4. The van der Waals surface area contributed by atoms with E-state index in [1.54, 1.807) is 13.0 Å². The molecule has 6 rings (SSSR count). The van der Waals surface area contributed by atoms with Crippen LogP contribution in [0.15, 0.2) is 47.6 Å². The summed E-state index contributed by atoms with van der Waals surface area (Å²) >= 11 is 0. The molecule has 0 radical (unpaired) electrons. The molecule has 12 atom stereocenters. The van der Waals surface area contributed by atoms with Gasteiger partial charge in [0, 0.05) is 48.7 Å². The number of aliphatic hydroxyl groups is 1. The van der Waals surface area contributed by atoms with E-state index in [4.69, 9.17) is 23.7 Å². The van der Waals surface area contributed by atoms with Crippen molar-refractivity contribution < 1.29 is 43.2 Å². The van der Waals surface area contributed by atoms with Crippen molar-refractivity contribution in [3.05, 3.63) is 47.6 Å². The normalized spacial score (nSPS) is 40.8. The fourth-order valence-corrected chi connectivity index (χ4v) is 9.50. The molecule has 0 aromatic carbocycles. The maximum atomic E-state index is 13.7. The van der Waals surface area contributed by atoms with Crippen LogP contribution in [-0.4, -0.2) is 97.4 Å². The Labute approximate surface area is 290 Å². The predicted octanol–water partition coefficient (Wildman–Crippen LogP) is 4.71. The van der Waals surface area contributed by atoms with Gasteiger partial charge < -0.3 is 33.7 Å². The van der Waals surface area contributed by atoms with Gasteiger partial charge in [-0.3, -0.25) is 4.79 Å². The highest BCUT2D eigenvalue weighted by Gasteiger charge is 2.69. The van der Waals surface area contributed by atoms with E-state index in [2.05, 4.69) is 24.1 Å². The van der Waals surface area contributed by atoms with Crippen LogP contribution in [0.25, 0.3) is 0 Å². The van der Waals surface area contributed by atoms with Gasteiger partial charge >= 0.3 is 17.9 Å². The minimum absolute atomic E-state index is 0.185. The molecule has 1 saturated carbocycles. The van der Waals surface area contributed by atoms with Crippen LogP contribution in [0.1, 0.15) is 72.6 Å². The number of piperidine rings is 1. The monoisotopic (exact) mass is 681 g/mol. The van der Waals surface area contributed by atoms with Gasteiger partial charge in [0.05, 0.1) is 6.10 Å². The Bertz CT molecular complexity index is 1380. The molecule has 10 nitrogen and oxygen atoms in total. The van der Waals surface area contributed by atoms with Crippen molar-refractivity contribution >= 4 is 17.9 Å². The quantitative estimate of drug-likeness (QED) is 0.208. The third-order valence-corrected chi connectivity index (χ3v) is 12.3. The van der Waals surface area contributed by atoms with Crippen LogP contribution in [0.5, 0.6) is 0 Å². The number of rotatable bonds is 9. The van der Waals surface area contributed by atoms with Crippen molar-refractivity contribution in [2.75, 3.05) is 27.2 Å². The van der Waals surface area contributed by atoms with Crippen molar-refractivity contribution in [2.24, 2.45) is 35.5 Å². The zero-order valence-corrected chi connectivity index (χ0v) is 29.9. The van der Waals surface area contributed by atoms with E-state index in [1.807, 2.05) is 39.0 Å². The summed E-state index contributed by atoms with van der Waals surface area (Å²) in [4.78, 5) is 42.2. The molecule has 270 valence electrons. The van der Waals surface area contributed by atoms with Crippen molar-refractivity contribution in [2.45, 2.75) is 115 Å². The molecule has 1 N–H and O–H groups in total. The first kappa shape index (κ1) is 36.0. The molecule has 6 aliphatic rings. The predicted molar refractivity (Wildman–Crippen MR) is 182 cm³/mol. The number of nitrogens with zero attached hydrogens (tertiary/aromatic N) is 1. The van der Waals surface area contributed by atoms with Crippen molar-refractivity contribution in [1.29, 1.82) is 0 Å².